The molecule has 0 radical (unpaired) electrons. The molecule has 0 spiro atoms. The van der Waals surface area contributed by atoms with E-state index in [1.165, 1.54) is 9.71 Å². The molecule has 1 amide bonds. The average molecular weight is 472 g/mol. The largest absolute Gasteiger partial charge is 0.459 e. The van der Waals surface area contributed by atoms with Gasteiger partial charge in [-0.3, -0.25) is 9.69 Å². The lowest BCUT2D eigenvalue weighted by molar-refractivity contribution is -0.117. The summed E-state index contributed by atoms with van der Waals surface area (Å²) in [5.74, 6) is -0.609. The van der Waals surface area contributed by atoms with Gasteiger partial charge < -0.3 is 10.1 Å². The second kappa shape index (κ2) is 11.2. The lowest BCUT2D eigenvalue weighted by Crippen LogP contribution is -2.49. The Bertz CT molecular complexity index is 1070. The third-order valence-corrected chi connectivity index (χ3v) is 6.60. The number of amides is 1. The van der Waals surface area contributed by atoms with Gasteiger partial charge in [-0.2, -0.15) is 4.31 Å². The highest BCUT2D eigenvalue weighted by Crippen LogP contribution is 2.14. The highest BCUT2D eigenvalue weighted by molar-refractivity contribution is 7.92. The number of carbonyl (C=O) groups excluding carboxylic acids is 2. The van der Waals surface area contributed by atoms with E-state index in [1.54, 1.807) is 44.2 Å². The van der Waals surface area contributed by atoms with Crippen molar-refractivity contribution in [2.45, 2.75) is 20.0 Å². The molecular formula is C24H29N3O5S. The molecular weight excluding hydrogens is 442 g/mol. The van der Waals surface area contributed by atoms with E-state index in [-0.39, 0.29) is 18.6 Å². The van der Waals surface area contributed by atoms with Gasteiger partial charge in [0, 0.05) is 37.3 Å². The van der Waals surface area contributed by atoms with Crippen molar-refractivity contribution in [2.75, 3.05) is 38.0 Å². The maximum absolute atomic E-state index is 12.6. The third kappa shape index (κ3) is 7.52. The molecule has 8 nitrogen and oxygen atoms in total. The summed E-state index contributed by atoms with van der Waals surface area (Å²) in [6.45, 7) is 5.29. The molecule has 2 aromatic rings. The first kappa shape index (κ1) is 24.6. The van der Waals surface area contributed by atoms with Crippen LogP contribution in [0.5, 0.6) is 0 Å². The van der Waals surface area contributed by atoms with Gasteiger partial charge in [-0.1, -0.05) is 30.3 Å². The van der Waals surface area contributed by atoms with Gasteiger partial charge in [0.1, 0.15) is 0 Å². The van der Waals surface area contributed by atoms with Gasteiger partial charge in [-0.15, -0.1) is 0 Å². The third-order valence-electron chi connectivity index (χ3n) is 5.04. The van der Waals surface area contributed by atoms with E-state index < -0.39 is 16.0 Å². The standard InChI is InChI=1S/C24H29N3O5S/c1-19(2)32-24(29)21-8-10-22(11-9-21)25-23(28)18-26-13-15-27(16-14-26)33(30,31)17-12-20-6-4-3-5-7-20/h3-12,17,19H,13-16,18H2,1-2H3,(H,25,28)/b17-12+. The van der Waals surface area contributed by atoms with Crippen molar-refractivity contribution < 1.29 is 22.7 Å². The summed E-state index contributed by atoms with van der Waals surface area (Å²) in [6, 6.07) is 15.8. The number of nitrogens with one attached hydrogen (secondary N) is 1. The van der Waals surface area contributed by atoms with E-state index in [2.05, 4.69) is 5.32 Å². The molecule has 3 rings (SSSR count). The Hall–Kier alpha value is -3.01. The highest BCUT2D eigenvalue weighted by atomic mass is 32.2. The Labute approximate surface area is 194 Å². The molecule has 1 saturated heterocycles. The summed E-state index contributed by atoms with van der Waals surface area (Å²) in [6.07, 6.45) is 1.38. The first-order chi connectivity index (χ1) is 15.7. The van der Waals surface area contributed by atoms with Crippen molar-refractivity contribution >= 4 is 33.7 Å². The van der Waals surface area contributed by atoms with Crippen molar-refractivity contribution in [3.05, 3.63) is 71.1 Å². The van der Waals surface area contributed by atoms with Crippen LogP contribution in [0.2, 0.25) is 0 Å². The second-order valence-electron chi connectivity index (χ2n) is 8.01. The summed E-state index contributed by atoms with van der Waals surface area (Å²) in [7, 11) is -3.51. The average Bonchev–Trinajstić information content (AvgIpc) is 2.79. The van der Waals surface area contributed by atoms with E-state index >= 15 is 0 Å². The number of carbonyl (C=O) groups is 2. The number of hydrogen-bond acceptors (Lipinski definition) is 6. The van der Waals surface area contributed by atoms with Gasteiger partial charge in [0.2, 0.25) is 15.9 Å². The number of anilines is 1. The number of sulfonamides is 1. The fraction of sp³-hybridized carbons (Fsp3) is 0.333. The number of hydrogen-bond donors (Lipinski definition) is 1. The Morgan fingerprint density at radius 2 is 1.64 bits per heavy atom. The Morgan fingerprint density at radius 3 is 2.24 bits per heavy atom. The summed E-state index contributed by atoms with van der Waals surface area (Å²) in [5.41, 5.74) is 1.81. The fourth-order valence-corrected chi connectivity index (χ4v) is 4.51. The molecule has 1 heterocycles. The first-order valence-electron chi connectivity index (χ1n) is 10.8. The van der Waals surface area contributed by atoms with Crippen LogP contribution in [-0.2, 0) is 19.6 Å². The van der Waals surface area contributed by atoms with E-state index in [0.29, 0.717) is 37.4 Å². The minimum Gasteiger partial charge on any atom is -0.459 e. The lowest BCUT2D eigenvalue weighted by Gasteiger charge is -2.32. The number of nitrogens with zero attached hydrogens (tertiary/aromatic N) is 2. The van der Waals surface area contributed by atoms with Gasteiger partial charge in [-0.05, 0) is 49.8 Å². The van der Waals surface area contributed by atoms with Gasteiger partial charge in [-0.25, -0.2) is 13.2 Å². The smallest absolute Gasteiger partial charge is 0.338 e. The van der Waals surface area contributed by atoms with E-state index in [9.17, 15) is 18.0 Å². The molecule has 0 unspecified atom stereocenters. The van der Waals surface area contributed by atoms with Crippen molar-refractivity contribution in [1.29, 1.82) is 0 Å². The number of piperazine rings is 1. The number of rotatable bonds is 8. The van der Waals surface area contributed by atoms with Gasteiger partial charge in [0.05, 0.1) is 18.2 Å². The van der Waals surface area contributed by atoms with Gasteiger partial charge in [0.15, 0.2) is 0 Å². The van der Waals surface area contributed by atoms with Crippen LogP contribution in [0.15, 0.2) is 60.0 Å². The van der Waals surface area contributed by atoms with Crippen molar-refractivity contribution in [1.82, 2.24) is 9.21 Å². The van der Waals surface area contributed by atoms with Crippen LogP contribution in [0, 0.1) is 0 Å². The van der Waals surface area contributed by atoms with Crippen molar-refractivity contribution in [3.63, 3.8) is 0 Å². The minimum atomic E-state index is -3.51. The molecule has 1 fully saturated rings. The first-order valence-corrected chi connectivity index (χ1v) is 12.3. The van der Waals surface area contributed by atoms with Crippen LogP contribution in [-0.4, -0.2) is 68.3 Å². The summed E-state index contributed by atoms with van der Waals surface area (Å²) >= 11 is 0. The van der Waals surface area contributed by atoms with Crippen molar-refractivity contribution in [2.24, 2.45) is 0 Å². The molecule has 176 valence electrons. The molecule has 1 N–H and O–H groups in total. The molecule has 0 aliphatic carbocycles. The zero-order chi connectivity index (χ0) is 23.8. The maximum Gasteiger partial charge on any atom is 0.338 e. The molecule has 0 saturated carbocycles. The molecule has 0 aromatic heterocycles. The number of esters is 1. The van der Waals surface area contributed by atoms with Crippen LogP contribution >= 0.6 is 0 Å². The summed E-state index contributed by atoms with van der Waals surface area (Å²) in [5, 5.41) is 4.03. The zero-order valence-corrected chi connectivity index (χ0v) is 19.6. The zero-order valence-electron chi connectivity index (χ0n) is 18.8. The summed E-state index contributed by atoms with van der Waals surface area (Å²) in [4.78, 5) is 26.2. The van der Waals surface area contributed by atoms with E-state index in [0.717, 1.165) is 5.56 Å². The molecule has 33 heavy (non-hydrogen) atoms. The molecule has 1 aliphatic heterocycles. The number of benzene rings is 2. The van der Waals surface area contributed by atoms with E-state index in [1.807, 2.05) is 35.2 Å². The lowest BCUT2D eigenvalue weighted by atomic mass is 10.2. The quantitative estimate of drug-likeness (QED) is 0.595. The van der Waals surface area contributed by atoms with Gasteiger partial charge >= 0.3 is 5.97 Å². The SMILES string of the molecule is CC(C)OC(=O)c1ccc(NC(=O)CN2CCN(S(=O)(=O)/C=C/c3ccccc3)CC2)cc1. The normalized spacial score (nSPS) is 15.6. The predicted molar refractivity (Wildman–Crippen MR) is 128 cm³/mol. The Morgan fingerprint density at radius 1 is 1.00 bits per heavy atom. The maximum atomic E-state index is 12.6. The van der Waals surface area contributed by atoms with Crippen molar-refractivity contribution in [3.8, 4) is 0 Å². The Balaban J connectivity index is 1.46. The fourth-order valence-electron chi connectivity index (χ4n) is 3.33. The molecule has 2 aromatic carbocycles. The minimum absolute atomic E-state index is 0.158. The summed E-state index contributed by atoms with van der Waals surface area (Å²) < 4.78 is 31.7. The van der Waals surface area contributed by atoms with Crippen LogP contribution in [0.4, 0.5) is 5.69 Å². The molecule has 0 atom stereocenters. The van der Waals surface area contributed by atoms with Crippen LogP contribution < -0.4 is 5.32 Å². The molecule has 0 bridgehead atoms. The highest BCUT2D eigenvalue weighted by Gasteiger charge is 2.26. The van der Waals surface area contributed by atoms with E-state index in [4.69, 9.17) is 4.74 Å². The monoisotopic (exact) mass is 471 g/mol. The molecule has 9 heteroatoms. The number of ether oxygens (including phenoxy) is 1. The Kier molecular flexibility index (Phi) is 8.37. The van der Waals surface area contributed by atoms with Crippen LogP contribution in [0.1, 0.15) is 29.8 Å². The molecule has 1 aliphatic rings. The second-order valence-corrected chi connectivity index (χ2v) is 9.83. The predicted octanol–water partition coefficient (Wildman–Crippen LogP) is 2.81. The van der Waals surface area contributed by atoms with Gasteiger partial charge in [0.25, 0.3) is 0 Å². The topological polar surface area (TPSA) is 96.0 Å². The van der Waals surface area contributed by atoms with Crippen LogP contribution in [0.3, 0.4) is 0 Å². The van der Waals surface area contributed by atoms with Crippen LogP contribution in [0.25, 0.3) is 6.08 Å².